The van der Waals surface area contributed by atoms with Crippen LogP contribution < -0.4 is 0 Å². The maximum Gasteiger partial charge on any atom is 0.165 e. The Morgan fingerprint density at radius 2 is 0.867 bits per heavy atom. The van der Waals surface area contributed by atoms with Crippen molar-refractivity contribution < 1.29 is 4.42 Å². The van der Waals surface area contributed by atoms with Crippen LogP contribution in [0.5, 0.6) is 0 Å². The first kappa shape index (κ1) is 34.3. The normalized spacial score (nSPS) is 11.7. The second-order valence-corrected chi connectivity index (χ2v) is 16.2. The van der Waals surface area contributed by atoms with Crippen LogP contribution >= 0.6 is 11.3 Å². The molecule has 0 atom stereocenters. The van der Waals surface area contributed by atoms with Crippen LogP contribution in [0.1, 0.15) is 0 Å². The number of fused-ring (bicyclic) bond motifs is 8. The van der Waals surface area contributed by atoms with Crippen molar-refractivity contribution in [2.45, 2.75) is 0 Å². The SMILES string of the molecule is c1ccc(-c2cc(-c3ccccc3)cc(-c3ccc4oc5cc(-c6nc(-c7ccccc7)nc(-c7cccc8c7sc7c9ccccc9ccc87)n6)ccc5c4c3)c2)cc1. The van der Waals surface area contributed by atoms with Gasteiger partial charge in [-0.15, -0.1) is 11.3 Å². The van der Waals surface area contributed by atoms with Crippen LogP contribution in [0.3, 0.4) is 0 Å². The average molecular weight is 784 g/mol. The summed E-state index contributed by atoms with van der Waals surface area (Å²) in [6.45, 7) is 0. The van der Waals surface area contributed by atoms with Gasteiger partial charge >= 0.3 is 0 Å². The lowest BCUT2D eigenvalue weighted by Gasteiger charge is -2.11. The predicted octanol–water partition coefficient (Wildman–Crippen LogP) is 15.3. The lowest BCUT2D eigenvalue weighted by molar-refractivity contribution is 0.669. The van der Waals surface area contributed by atoms with E-state index in [9.17, 15) is 0 Å². The van der Waals surface area contributed by atoms with Crippen LogP contribution in [0, 0.1) is 0 Å². The topological polar surface area (TPSA) is 51.8 Å². The molecule has 12 aromatic rings. The van der Waals surface area contributed by atoms with Crippen molar-refractivity contribution in [3.8, 4) is 67.5 Å². The molecule has 0 aliphatic heterocycles. The van der Waals surface area contributed by atoms with E-state index < -0.39 is 0 Å². The quantitative estimate of drug-likeness (QED) is 0.169. The standard InChI is InChI=1S/C55H33N3OS/c1-4-13-34(14-5-1)40-29-41(35-15-6-2-7-16-35)31-42(30-40)38-25-28-49-48(32-38)44-26-24-39(33-50(44)59-49)54-56-53(37-18-8-3-9-19-37)57-55(58-54)47-22-12-21-45-46-27-23-36-17-10-11-20-43(36)51(46)60-52(45)47/h1-33H. The Morgan fingerprint density at radius 1 is 0.300 bits per heavy atom. The van der Waals surface area contributed by atoms with Gasteiger partial charge in [-0.05, 0) is 92.7 Å². The second kappa shape index (κ2) is 14.0. The first-order valence-electron chi connectivity index (χ1n) is 20.1. The van der Waals surface area contributed by atoms with Crippen LogP contribution in [-0.2, 0) is 0 Å². The van der Waals surface area contributed by atoms with E-state index >= 15 is 0 Å². The average Bonchev–Trinajstić information content (AvgIpc) is 3.90. The van der Waals surface area contributed by atoms with Gasteiger partial charge in [-0.2, -0.15) is 0 Å². The number of rotatable bonds is 6. The Balaban J connectivity index is 0.988. The lowest BCUT2D eigenvalue weighted by atomic mass is 9.93. The Hall–Kier alpha value is -7.73. The highest BCUT2D eigenvalue weighted by atomic mass is 32.1. The number of hydrogen-bond donors (Lipinski definition) is 0. The zero-order valence-electron chi connectivity index (χ0n) is 32.2. The largest absolute Gasteiger partial charge is 0.456 e. The highest BCUT2D eigenvalue weighted by molar-refractivity contribution is 7.27. The van der Waals surface area contributed by atoms with Gasteiger partial charge in [-0.1, -0.05) is 152 Å². The molecule has 0 fully saturated rings. The molecule has 3 heterocycles. The number of furan rings is 1. The Kier molecular flexibility index (Phi) is 8.00. The summed E-state index contributed by atoms with van der Waals surface area (Å²) in [4.78, 5) is 15.4. The smallest absolute Gasteiger partial charge is 0.165 e. The third kappa shape index (κ3) is 5.86. The summed E-state index contributed by atoms with van der Waals surface area (Å²) >= 11 is 1.80. The summed E-state index contributed by atoms with van der Waals surface area (Å²) in [6, 6.07) is 70.5. The van der Waals surface area contributed by atoms with E-state index in [4.69, 9.17) is 19.4 Å². The summed E-state index contributed by atoms with van der Waals surface area (Å²) in [5.74, 6) is 1.86. The highest BCUT2D eigenvalue weighted by Gasteiger charge is 2.19. The van der Waals surface area contributed by atoms with Gasteiger partial charge in [0.2, 0.25) is 0 Å². The molecule has 0 aliphatic rings. The maximum atomic E-state index is 6.58. The highest BCUT2D eigenvalue weighted by Crippen LogP contribution is 2.43. The molecule has 12 rings (SSSR count). The minimum Gasteiger partial charge on any atom is -0.456 e. The molecular weight excluding hydrogens is 751 g/mol. The zero-order valence-corrected chi connectivity index (χ0v) is 33.0. The van der Waals surface area contributed by atoms with Crippen molar-refractivity contribution in [1.29, 1.82) is 0 Å². The molecule has 0 unspecified atom stereocenters. The molecule has 0 saturated carbocycles. The van der Waals surface area contributed by atoms with Crippen molar-refractivity contribution in [2.75, 3.05) is 0 Å². The number of nitrogens with zero attached hydrogens (tertiary/aromatic N) is 3. The fraction of sp³-hybridized carbons (Fsp3) is 0. The Labute approximate surface area is 349 Å². The molecule has 0 amide bonds. The van der Waals surface area contributed by atoms with E-state index in [0.29, 0.717) is 17.5 Å². The third-order valence-corrected chi connectivity index (χ3v) is 12.8. The van der Waals surface area contributed by atoms with E-state index in [1.165, 1.54) is 48.5 Å². The van der Waals surface area contributed by atoms with E-state index in [2.05, 4.69) is 170 Å². The van der Waals surface area contributed by atoms with E-state index in [1.807, 2.05) is 30.3 Å². The van der Waals surface area contributed by atoms with Crippen molar-refractivity contribution in [3.63, 3.8) is 0 Å². The van der Waals surface area contributed by atoms with Gasteiger partial charge in [0.25, 0.3) is 0 Å². The van der Waals surface area contributed by atoms with E-state index in [1.54, 1.807) is 11.3 Å². The molecule has 3 aromatic heterocycles. The molecule has 0 aliphatic carbocycles. The Morgan fingerprint density at radius 3 is 1.60 bits per heavy atom. The van der Waals surface area contributed by atoms with Crippen molar-refractivity contribution in [2.24, 2.45) is 0 Å². The zero-order chi connectivity index (χ0) is 39.6. The van der Waals surface area contributed by atoms with Crippen LogP contribution in [0.2, 0.25) is 0 Å². The molecule has 9 aromatic carbocycles. The molecule has 0 N–H and O–H groups in total. The third-order valence-electron chi connectivity index (χ3n) is 11.5. The van der Waals surface area contributed by atoms with E-state index in [-0.39, 0.29) is 0 Å². The first-order valence-corrected chi connectivity index (χ1v) is 20.9. The monoisotopic (exact) mass is 783 g/mol. The van der Waals surface area contributed by atoms with Gasteiger partial charge in [0.1, 0.15) is 11.2 Å². The molecule has 0 radical (unpaired) electrons. The molecule has 0 saturated heterocycles. The summed E-state index contributed by atoms with van der Waals surface area (Å²) in [7, 11) is 0. The first-order chi connectivity index (χ1) is 29.7. The van der Waals surface area contributed by atoms with Crippen LogP contribution in [0.4, 0.5) is 0 Å². The second-order valence-electron chi connectivity index (χ2n) is 15.2. The summed E-state index contributed by atoms with van der Waals surface area (Å²) in [5.41, 5.74) is 11.4. The molecule has 0 spiro atoms. The minimum absolute atomic E-state index is 0.594. The van der Waals surface area contributed by atoms with Crippen molar-refractivity contribution in [3.05, 3.63) is 200 Å². The van der Waals surface area contributed by atoms with E-state index in [0.717, 1.165) is 54.5 Å². The van der Waals surface area contributed by atoms with Crippen LogP contribution in [0.15, 0.2) is 205 Å². The fourth-order valence-electron chi connectivity index (χ4n) is 8.53. The number of hydrogen-bond acceptors (Lipinski definition) is 5. The number of aromatic nitrogens is 3. The van der Waals surface area contributed by atoms with Gasteiger partial charge in [-0.25, -0.2) is 15.0 Å². The minimum atomic E-state index is 0.594. The maximum absolute atomic E-state index is 6.58. The van der Waals surface area contributed by atoms with Gasteiger partial charge in [0, 0.05) is 47.6 Å². The molecule has 4 nitrogen and oxygen atoms in total. The van der Waals surface area contributed by atoms with Crippen LogP contribution in [-0.4, -0.2) is 15.0 Å². The Bertz CT molecular complexity index is 3540. The van der Waals surface area contributed by atoms with Crippen LogP contribution in [0.25, 0.3) is 120 Å². The van der Waals surface area contributed by atoms with Gasteiger partial charge in [0.15, 0.2) is 17.5 Å². The van der Waals surface area contributed by atoms with Gasteiger partial charge in [-0.3, -0.25) is 0 Å². The van der Waals surface area contributed by atoms with Crippen molar-refractivity contribution in [1.82, 2.24) is 15.0 Å². The van der Waals surface area contributed by atoms with Gasteiger partial charge in [0.05, 0.1) is 0 Å². The molecule has 60 heavy (non-hydrogen) atoms. The fourth-order valence-corrected chi connectivity index (χ4v) is 9.87. The molecule has 5 heteroatoms. The summed E-state index contributed by atoms with van der Waals surface area (Å²) < 4.78 is 9.01. The number of benzene rings is 9. The van der Waals surface area contributed by atoms with Gasteiger partial charge < -0.3 is 4.42 Å². The molecule has 280 valence electrons. The van der Waals surface area contributed by atoms with Crippen molar-refractivity contribution >= 4 is 64.2 Å². The lowest BCUT2D eigenvalue weighted by Crippen LogP contribution is -2.00. The summed E-state index contributed by atoms with van der Waals surface area (Å²) in [5, 5.41) is 7.04. The number of thiophene rings is 1. The molecular formula is C55H33N3OS. The molecule has 0 bridgehead atoms. The predicted molar refractivity (Wildman–Crippen MR) is 250 cm³/mol. The summed E-state index contributed by atoms with van der Waals surface area (Å²) in [6.07, 6.45) is 0.